The largest absolute Gasteiger partial charge is 0.497 e. The topological polar surface area (TPSA) is 91.7 Å². The highest BCUT2D eigenvalue weighted by molar-refractivity contribution is 7.89. The summed E-state index contributed by atoms with van der Waals surface area (Å²) in [7, 11) is -0.970. The van der Waals surface area contributed by atoms with Gasteiger partial charge in [-0.1, -0.05) is 0 Å². The Morgan fingerprint density at radius 3 is 2.76 bits per heavy atom. The van der Waals surface area contributed by atoms with E-state index in [-0.39, 0.29) is 17.2 Å². The first-order valence-corrected chi connectivity index (χ1v) is 7.82. The summed E-state index contributed by atoms with van der Waals surface area (Å²) in [5.74, 6) is 0.643. The lowest BCUT2D eigenvalue weighted by atomic mass is 10.3. The van der Waals surface area contributed by atoms with Crippen LogP contribution in [0.1, 0.15) is 0 Å². The molecule has 8 heteroatoms. The van der Waals surface area contributed by atoms with Crippen LogP contribution in [0, 0.1) is 11.3 Å². The molecule has 0 spiro atoms. The van der Waals surface area contributed by atoms with E-state index in [1.54, 1.807) is 6.07 Å². The van der Waals surface area contributed by atoms with Crippen molar-refractivity contribution < 1.29 is 17.9 Å². The summed E-state index contributed by atoms with van der Waals surface area (Å²) < 4.78 is 37.0. The zero-order valence-corrected chi connectivity index (χ0v) is 12.7. The van der Waals surface area contributed by atoms with E-state index in [4.69, 9.17) is 14.7 Å². The number of rotatable bonds is 4. The number of hydrogen-bond donors (Lipinski definition) is 1. The van der Waals surface area contributed by atoms with Gasteiger partial charge in [0, 0.05) is 25.7 Å². The van der Waals surface area contributed by atoms with Gasteiger partial charge in [-0.15, -0.1) is 0 Å². The minimum atomic E-state index is -3.83. The number of hydrogen-bond acceptors (Lipinski definition) is 6. The zero-order valence-electron chi connectivity index (χ0n) is 11.9. The standard InChI is InChI=1S/C13H17N3O4S/c1-19-11-3-4-12(20-2)13(7-11)21(17,18)16-6-5-15-9-10(16)8-14/h3-4,7,10,15H,5-6,9H2,1-2H3. The molecule has 1 heterocycles. The average Bonchev–Trinajstić information content (AvgIpc) is 2.54. The second-order valence-electron chi connectivity index (χ2n) is 4.48. The second kappa shape index (κ2) is 6.30. The van der Waals surface area contributed by atoms with Crippen LogP contribution in [0.3, 0.4) is 0 Å². The van der Waals surface area contributed by atoms with Crippen LogP contribution < -0.4 is 14.8 Å². The van der Waals surface area contributed by atoms with E-state index in [2.05, 4.69) is 5.32 Å². The van der Waals surface area contributed by atoms with Crippen molar-refractivity contribution in [2.24, 2.45) is 0 Å². The SMILES string of the molecule is COc1ccc(OC)c(S(=O)(=O)N2CCNCC2C#N)c1. The summed E-state index contributed by atoms with van der Waals surface area (Å²) >= 11 is 0. The van der Waals surface area contributed by atoms with Gasteiger partial charge >= 0.3 is 0 Å². The molecule has 0 amide bonds. The van der Waals surface area contributed by atoms with Crippen molar-refractivity contribution in [1.29, 1.82) is 5.26 Å². The first-order valence-electron chi connectivity index (χ1n) is 6.38. The van der Waals surface area contributed by atoms with E-state index in [0.29, 0.717) is 18.8 Å². The molecule has 0 radical (unpaired) electrons. The first-order chi connectivity index (χ1) is 10.0. The molecule has 1 N–H and O–H groups in total. The van der Waals surface area contributed by atoms with Gasteiger partial charge in [0.2, 0.25) is 10.0 Å². The molecule has 0 bridgehead atoms. The number of sulfonamides is 1. The molecule has 1 aromatic carbocycles. The third kappa shape index (κ3) is 2.95. The van der Waals surface area contributed by atoms with Gasteiger partial charge in [-0.05, 0) is 12.1 Å². The molecule has 7 nitrogen and oxygen atoms in total. The first kappa shape index (κ1) is 15.6. The lowest BCUT2D eigenvalue weighted by Crippen LogP contribution is -2.52. The number of nitriles is 1. The molecule has 0 aromatic heterocycles. The maximum Gasteiger partial charge on any atom is 0.248 e. The van der Waals surface area contributed by atoms with Crippen molar-refractivity contribution >= 4 is 10.0 Å². The predicted octanol–water partition coefficient (Wildman–Crippen LogP) is 0.190. The van der Waals surface area contributed by atoms with Gasteiger partial charge < -0.3 is 14.8 Å². The average molecular weight is 311 g/mol. The van der Waals surface area contributed by atoms with Crippen molar-refractivity contribution in [1.82, 2.24) is 9.62 Å². The lowest BCUT2D eigenvalue weighted by molar-refractivity contribution is 0.309. The van der Waals surface area contributed by atoms with Crippen LogP contribution in [0.15, 0.2) is 23.1 Å². The Kier molecular flexibility index (Phi) is 4.67. The van der Waals surface area contributed by atoms with E-state index in [1.165, 1.54) is 30.7 Å². The van der Waals surface area contributed by atoms with Gasteiger partial charge in [0.1, 0.15) is 22.4 Å². The van der Waals surface area contributed by atoms with E-state index in [1.807, 2.05) is 6.07 Å². The fraction of sp³-hybridized carbons (Fsp3) is 0.462. The number of ether oxygens (including phenoxy) is 2. The summed E-state index contributed by atoms with van der Waals surface area (Å²) in [5.41, 5.74) is 0. The normalized spacial score (nSPS) is 19.8. The van der Waals surface area contributed by atoms with Crippen molar-refractivity contribution in [3.05, 3.63) is 18.2 Å². The van der Waals surface area contributed by atoms with E-state index >= 15 is 0 Å². The summed E-state index contributed by atoms with van der Waals surface area (Å²) in [6.45, 7) is 1.05. The van der Waals surface area contributed by atoms with Crippen LogP contribution >= 0.6 is 0 Å². The van der Waals surface area contributed by atoms with Crippen LogP contribution in [0.25, 0.3) is 0 Å². The highest BCUT2D eigenvalue weighted by Crippen LogP contribution is 2.31. The molecule has 21 heavy (non-hydrogen) atoms. The molecular weight excluding hydrogens is 294 g/mol. The fourth-order valence-electron chi connectivity index (χ4n) is 2.20. The van der Waals surface area contributed by atoms with Gasteiger partial charge in [0.25, 0.3) is 0 Å². The molecule has 1 fully saturated rings. The highest BCUT2D eigenvalue weighted by Gasteiger charge is 2.35. The Morgan fingerprint density at radius 1 is 1.38 bits per heavy atom. The quantitative estimate of drug-likeness (QED) is 0.853. The third-order valence-corrected chi connectivity index (χ3v) is 5.23. The van der Waals surface area contributed by atoms with E-state index in [9.17, 15) is 8.42 Å². The molecule has 114 valence electrons. The van der Waals surface area contributed by atoms with Gasteiger partial charge in [0.15, 0.2) is 0 Å². The molecule has 1 aliphatic rings. The Morgan fingerprint density at radius 2 is 2.14 bits per heavy atom. The highest BCUT2D eigenvalue weighted by atomic mass is 32.2. The Hall–Kier alpha value is -1.82. The molecule has 1 aromatic rings. The molecule has 1 unspecified atom stereocenters. The van der Waals surface area contributed by atoms with Crippen LogP contribution in [-0.2, 0) is 10.0 Å². The maximum absolute atomic E-state index is 12.8. The Bertz CT molecular complexity index is 654. The Labute approximate surface area is 124 Å². The number of methoxy groups -OCH3 is 2. The number of nitrogens with zero attached hydrogens (tertiary/aromatic N) is 2. The van der Waals surface area contributed by atoms with Gasteiger partial charge in [-0.2, -0.15) is 9.57 Å². The van der Waals surface area contributed by atoms with Crippen LogP contribution in [0.2, 0.25) is 0 Å². The maximum atomic E-state index is 12.8. The van der Waals surface area contributed by atoms with Gasteiger partial charge in [-0.3, -0.25) is 0 Å². The van der Waals surface area contributed by atoms with Crippen molar-refractivity contribution in [2.45, 2.75) is 10.9 Å². The van der Waals surface area contributed by atoms with Crippen molar-refractivity contribution in [3.63, 3.8) is 0 Å². The number of nitrogens with one attached hydrogen (secondary N) is 1. The fourth-order valence-corrected chi connectivity index (χ4v) is 3.91. The summed E-state index contributed by atoms with van der Waals surface area (Å²) in [6, 6.07) is 5.84. The minimum absolute atomic E-state index is 0.00602. The molecule has 1 saturated heterocycles. The van der Waals surface area contributed by atoms with Crippen LogP contribution in [0.4, 0.5) is 0 Å². The number of piperazine rings is 1. The van der Waals surface area contributed by atoms with Gasteiger partial charge in [0.05, 0.1) is 20.3 Å². The molecule has 0 saturated carbocycles. The molecule has 1 atom stereocenters. The molecule has 2 rings (SSSR count). The van der Waals surface area contributed by atoms with E-state index in [0.717, 1.165) is 0 Å². The molecule has 1 aliphatic heterocycles. The number of benzene rings is 1. The predicted molar refractivity (Wildman–Crippen MR) is 75.7 cm³/mol. The summed E-state index contributed by atoms with van der Waals surface area (Å²) in [6.07, 6.45) is 0. The second-order valence-corrected chi connectivity index (χ2v) is 6.34. The van der Waals surface area contributed by atoms with Crippen LogP contribution in [0.5, 0.6) is 11.5 Å². The minimum Gasteiger partial charge on any atom is -0.497 e. The van der Waals surface area contributed by atoms with Gasteiger partial charge in [-0.25, -0.2) is 8.42 Å². The van der Waals surface area contributed by atoms with Crippen molar-refractivity contribution in [2.75, 3.05) is 33.9 Å². The summed E-state index contributed by atoms with van der Waals surface area (Å²) in [4.78, 5) is 0.00602. The lowest BCUT2D eigenvalue weighted by Gasteiger charge is -2.31. The van der Waals surface area contributed by atoms with E-state index < -0.39 is 16.1 Å². The smallest absolute Gasteiger partial charge is 0.248 e. The summed E-state index contributed by atoms with van der Waals surface area (Å²) in [5, 5.41) is 12.2. The monoisotopic (exact) mass is 311 g/mol. The molecule has 0 aliphatic carbocycles. The Balaban J connectivity index is 2.50. The van der Waals surface area contributed by atoms with Crippen molar-refractivity contribution in [3.8, 4) is 17.6 Å². The zero-order chi connectivity index (χ0) is 15.5. The molecular formula is C13H17N3O4S. The van der Waals surface area contributed by atoms with Crippen LogP contribution in [-0.4, -0.2) is 52.6 Å². The third-order valence-electron chi connectivity index (χ3n) is 3.30.